The maximum absolute atomic E-state index is 6.64. The third-order valence-electron chi connectivity index (χ3n) is 5.52. The summed E-state index contributed by atoms with van der Waals surface area (Å²) >= 11 is 6.32. The second kappa shape index (κ2) is 6.54. The van der Waals surface area contributed by atoms with Crippen LogP contribution in [0.4, 0.5) is 0 Å². The Morgan fingerprint density at radius 2 is 1.92 bits per heavy atom. The van der Waals surface area contributed by atoms with Gasteiger partial charge in [0.1, 0.15) is 12.4 Å². The predicted molar refractivity (Wildman–Crippen MR) is 99.5 cm³/mol. The molecular weight excluding hydrogens is 350 g/mol. The molecular formula is C21H22ClNO3. The summed E-state index contributed by atoms with van der Waals surface area (Å²) in [6.45, 7) is 4.26. The lowest BCUT2D eigenvalue weighted by atomic mass is 9.93. The van der Waals surface area contributed by atoms with Gasteiger partial charge in [0, 0.05) is 17.1 Å². The molecule has 2 saturated heterocycles. The number of halogens is 1. The Morgan fingerprint density at radius 1 is 1.08 bits per heavy atom. The molecule has 5 rings (SSSR count). The molecule has 0 saturated carbocycles. The largest absolute Gasteiger partial charge is 0.488 e. The van der Waals surface area contributed by atoms with Crippen molar-refractivity contribution in [1.82, 2.24) is 4.90 Å². The molecule has 0 aromatic heterocycles. The highest BCUT2D eigenvalue weighted by Gasteiger charge is 2.49. The van der Waals surface area contributed by atoms with Gasteiger partial charge in [-0.25, -0.2) is 0 Å². The minimum Gasteiger partial charge on any atom is -0.488 e. The van der Waals surface area contributed by atoms with Crippen LogP contribution in [0, 0.1) is 0 Å². The summed E-state index contributed by atoms with van der Waals surface area (Å²) in [5, 5.41) is 0.654. The van der Waals surface area contributed by atoms with E-state index in [9.17, 15) is 0 Å². The van der Waals surface area contributed by atoms with Gasteiger partial charge in [-0.15, -0.1) is 0 Å². The van der Waals surface area contributed by atoms with Crippen molar-refractivity contribution in [2.45, 2.75) is 31.3 Å². The molecule has 1 spiro atoms. The molecule has 0 N–H and O–H groups in total. The van der Waals surface area contributed by atoms with E-state index in [4.69, 9.17) is 25.8 Å². The average molecular weight is 372 g/mol. The van der Waals surface area contributed by atoms with E-state index in [2.05, 4.69) is 17.0 Å². The number of rotatable bonds is 2. The first-order chi connectivity index (χ1) is 12.7. The Hall–Kier alpha value is -1.59. The number of fused-ring (bicyclic) bond motifs is 4. The molecule has 0 amide bonds. The van der Waals surface area contributed by atoms with Crippen molar-refractivity contribution < 1.29 is 14.2 Å². The molecule has 5 heteroatoms. The van der Waals surface area contributed by atoms with Gasteiger partial charge in [0.2, 0.25) is 5.79 Å². The van der Waals surface area contributed by atoms with Crippen molar-refractivity contribution in [2.24, 2.45) is 0 Å². The topological polar surface area (TPSA) is 30.9 Å². The molecule has 2 atom stereocenters. The molecule has 0 bridgehead atoms. The number of ether oxygens (including phenoxy) is 3. The van der Waals surface area contributed by atoms with Crippen LogP contribution < -0.4 is 4.74 Å². The van der Waals surface area contributed by atoms with Gasteiger partial charge in [-0.3, -0.25) is 0 Å². The molecule has 2 aromatic carbocycles. The molecule has 3 heterocycles. The van der Waals surface area contributed by atoms with Crippen molar-refractivity contribution in [2.75, 3.05) is 26.2 Å². The van der Waals surface area contributed by atoms with E-state index in [0.29, 0.717) is 18.2 Å². The molecule has 0 radical (unpaired) electrons. The minimum atomic E-state index is -0.947. The molecule has 136 valence electrons. The normalized spacial score (nSPS) is 27.8. The van der Waals surface area contributed by atoms with Crippen LogP contribution in [0.1, 0.15) is 29.5 Å². The summed E-state index contributed by atoms with van der Waals surface area (Å²) in [5.41, 5.74) is 2.96. The van der Waals surface area contributed by atoms with Gasteiger partial charge in [0.15, 0.2) is 0 Å². The van der Waals surface area contributed by atoms with Gasteiger partial charge < -0.3 is 19.1 Å². The van der Waals surface area contributed by atoms with E-state index in [1.165, 1.54) is 12.8 Å². The van der Waals surface area contributed by atoms with Crippen LogP contribution in [0.3, 0.4) is 0 Å². The van der Waals surface area contributed by atoms with Crippen molar-refractivity contribution in [3.8, 4) is 5.75 Å². The second-order valence-electron chi connectivity index (χ2n) is 7.26. The fourth-order valence-corrected chi connectivity index (χ4v) is 4.46. The van der Waals surface area contributed by atoms with Gasteiger partial charge in [-0.05, 0) is 49.7 Å². The zero-order chi connectivity index (χ0) is 17.6. The Morgan fingerprint density at radius 3 is 2.81 bits per heavy atom. The molecule has 2 unspecified atom stereocenters. The number of likely N-dealkylation sites (tertiary alicyclic amines) is 1. The van der Waals surface area contributed by atoms with Crippen LogP contribution >= 0.6 is 11.6 Å². The first-order valence-corrected chi connectivity index (χ1v) is 9.68. The van der Waals surface area contributed by atoms with Crippen LogP contribution in [0.5, 0.6) is 5.75 Å². The van der Waals surface area contributed by atoms with Crippen LogP contribution in [0.25, 0.3) is 0 Å². The quantitative estimate of drug-likeness (QED) is 0.800. The Balaban J connectivity index is 1.57. The second-order valence-corrected chi connectivity index (χ2v) is 7.70. The Bertz CT molecular complexity index is 821. The monoisotopic (exact) mass is 371 g/mol. The lowest BCUT2D eigenvalue weighted by molar-refractivity contribution is -0.144. The maximum Gasteiger partial charge on any atom is 0.226 e. The Kier molecular flexibility index (Phi) is 4.17. The summed E-state index contributed by atoms with van der Waals surface area (Å²) < 4.78 is 19.1. The van der Waals surface area contributed by atoms with Gasteiger partial charge in [-0.2, -0.15) is 0 Å². The molecule has 3 aliphatic heterocycles. The van der Waals surface area contributed by atoms with E-state index >= 15 is 0 Å². The van der Waals surface area contributed by atoms with Crippen molar-refractivity contribution in [3.63, 3.8) is 0 Å². The summed E-state index contributed by atoms with van der Waals surface area (Å²) in [7, 11) is 0. The first kappa shape index (κ1) is 16.6. The van der Waals surface area contributed by atoms with Crippen LogP contribution in [-0.4, -0.2) is 37.2 Å². The molecule has 4 nitrogen and oxygen atoms in total. The van der Waals surface area contributed by atoms with Gasteiger partial charge in [0.05, 0.1) is 18.3 Å². The zero-order valence-electron chi connectivity index (χ0n) is 14.6. The summed E-state index contributed by atoms with van der Waals surface area (Å²) in [4.78, 5) is 2.46. The smallest absolute Gasteiger partial charge is 0.226 e. The van der Waals surface area contributed by atoms with Crippen LogP contribution in [0.2, 0.25) is 5.02 Å². The fraction of sp³-hybridized carbons (Fsp3) is 0.429. The third-order valence-corrected chi connectivity index (χ3v) is 5.75. The van der Waals surface area contributed by atoms with E-state index in [1.807, 2.05) is 30.3 Å². The Labute approximate surface area is 158 Å². The lowest BCUT2D eigenvalue weighted by Crippen LogP contribution is -2.34. The van der Waals surface area contributed by atoms with Crippen molar-refractivity contribution in [1.29, 1.82) is 0 Å². The summed E-state index contributed by atoms with van der Waals surface area (Å²) in [5.74, 6) is -0.176. The van der Waals surface area contributed by atoms with E-state index in [0.717, 1.165) is 42.1 Å². The maximum atomic E-state index is 6.64. The molecule has 3 aliphatic rings. The number of hydrogen-bond acceptors (Lipinski definition) is 4. The first-order valence-electron chi connectivity index (χ1n) is 9.30. The minimum absolute atomic E-state index is 0.0334. The van der Waals surface area contributed by atoms with Crippen molar-refractivity contribution >= 4 is 11.6 Å². The van der Waals surface area contributed by atoms with Gasteiger partial charge in [0.25, 0.3) is 0 Å². The van der Waals surface area contributed by atoms with Crippen LogP contribution in [-0.2, 0) is 21.9 Å². The van der Waals surface area contributed by atoms with Crippen LogP contribution in [0.15, 0.2) is 42.5 Å². The fourth-order valence-electron chi connectivity index (χ4n) is 4.29. The highest BCUT2D eigenvalue weighted by molar-refractivity contribution is 6.30. The number of benzene rings is 2. The average Bonchev–Trinajstić information content (AvgIpc) is 3.29. The summed E-state index contributed by atoms with van der Waals surface area (Å²) in [6.07, 6.45) is 2.58. The third kappa shape index (κ3) is 2.72. The number of hydrogen-bond donors (Lipinski definition) is 0. The van der Waals surface area contributed by atoms with Gasteiger partial charge >= 0.3 is 0 Å². The SMILES string of the molecule is Clc1ccc2c(c1)C1(OCC(CN3CCCC3)O1)c1ccccc1CO2. The van der Waals surface area contributed by atoms with E-state index in [1.54, 1.807) is 0 Å². The highest BCUT2D eigenvalue weighted by Crippen LogP contribution is 2.48. The van der Waals surface area contributed by atoms with Gasteiger partial charge in [-0.1, -0.05) is 35.9 Å². The molecule has 2 fully saturated rings. The molecule has 2 aromatic rings. The lowest BCUT2D eigenvalue weighted by Gasteiger charge is -2.30. The van der Waals surface area contributed by atoms with Crippen molar-refractivity contribution in [3.05, 3.63) is 64.2 Å². The van der Waals surface area contributed by atoms with E-state index < -0.39 is 5.79 Å². The molecule has 0 aliphatic carbocycles. The molecule has 26 heavy (non-hydrogen) atoms. The predicted octanol–water partition coefficient (Wildman–Crippen LogP) is 3.94. The highest BCUT2D eigenvalue weighted by atomic mass is 35.5. The standard InChI is InChI=1S/C21H22ClNO3/c22-16-7-8-20-19(11-16)21(18-6-2-1-5-15(18)13-24-20)25-14-17(26-21)12-23-9-3-4-10-23/h1-2,5-8,11,17H,3-4,9-10,12-14H2. The van der Waals surface area contributed by atoms with E-state index in [-0.39, 0.29) is 6.10 Å². The zero-order valence-corrected chi connectivity index (χ0v) is 15.4. The summed E-state index contributed by atoms with van der Waals surface area (Å²) in [6, 6.07) is 13.9. The number of nitrogens with zero attached hydrogens (tertiary/aromatic N) is 1.